The van der Waals surface area contributed by atoms with E-state index in [2.05, 4.69) is 10.3 Å². The Bertz CT molecular complexity index is 1310. The molecule has 2 amide bonds. The summed E-state index contributed by atoms with van der Waals surface area (Å²) in [6.07, 6.45) is -0.0554. The summed E-state index contributed by atoms with van der Waals surface area (Å²) in [5.41, 5.74) is 1.95. The molecule has 0 aliphatic carbocycles. The predicted octanol–water partition coefficient (Wildman–Crippen LogP) is 4.72. The maximum Gasteiger partial charge on any atom is 0.242 e. The molecule has 1 N–H and O–H groups in total. The van der Waals surface area contributed by atoms with Crippen molar-refractivity contribution >= 4 is 40.1 Å². The largest absolute Gasteiger partial charge is 0.497 e. The Morgan fingerprint density at radius 1 is 1.11 bits per heavy atom. The van der Waals surface area contributed by atoms with Crippen LogP contribution in [0.1, 0.15) is 12.0 Å². The smallest absolute Gasteiger partial charge is 0.242 e. The van der Waals surface area contributed by atoms with Crippen molar-refractivity contribution in [2.24, 2.45) is 4.99 Å². The van der Waals surface area contributed by atoms with E-state index >= 15 is 0 Å². The lowest BCUT2D eigenvalue weighted by Crippen LogP contribution is -2.33. The average Bonchev–Trinajstić information content (AvgIpc) is 3.46. The first kappa shape index (κ1) is 23.7. The molecule has 0 unspecified atom stereocenters. The van der Waals surface area contributed by atoms with Gasteiger partial charge in [0.15, 0.2) is 16.7 Å². The number of amides is 2. The number of amidine groups is 1. The summed E-state index contributed by atoms with van der Waals surface area (Å²) in [4.78, 5) is 32.3. The predicted molar refractivity (Wildman–Crippen MR) is 134 cm³/mol. The molecule has 1 atom stereocenters. The van der Waals surface area contributed by atoms with Crippen LogP contribution in [0, 0.1) is 5.82 Å². The van der Waals surface area contributed by atoms with Crippen molar-refractivity contribution in [2.45, 2.75) is 18.2 Å². The van der Waals surface area contributed by atoms with Crippen molar-refractivity contribution in [1.29, 1.82) is 0 Å². The number of nitrogens with one attached hydrogen (secondary N) is 1. The lowest BCUT2D eigenvalue weighted by atomic mass is 10.1. The molecule has 2 aliphatic heterocycles. The molecule has 3 aromatic carbocycles. The summed E-state index contributed by atoms with van der Waals surface area (Å²) < 4.78 is 29.2. The number of anilines is 1. The van der Waals surface area contributed by atoms with Crippen LogP contribution >= 0.6 is 11.8 Å². The number of methoxy groups -OCH3 is 1. The highest BCUT2D eigenvalue weighted by Gasteiger charge is 2.39. The van der Waals surface area contributed by atoms with Crippen LogP contribution in [-0.4, -0.2) is 41.0 Å². The van der Waals surface area contributed by atoms with Crippen molar-refractivity contribution in [3.8, 4) is 17.2 Å². The van der Waals surface area contributed by atoms with Crippen molar-refractivity contribution in [3.63, 3.8) is 0 Å². The molecule has 2 aliphatic rings. The number of ether oxygens (including phenoxy) is 3. The number of benzene rings is 3. The number of hydrogen-bond donors (Lipinski definition) is 1. The molecule has 36 heavy (non-hydrogen) atoms. The van der Waals surface area contributed by atoms with Gasteiger partial charge in [-0.25, -0.2) is 9.38 Å². The topological polar surface area (TPSA) is 89.5 Å². The van der Waals surface area contributed by atoms with E-state index in [0.717, 1.165) is 5.56 Å². The molecule has 8 nitrogen and oxygen atoms in total. The van der Waals surface area contributed by atoms with Gasteiger partial charge >= 0.3 is 0 Å². The van der Waals surface area contributed by atoms with Gasteiger partial charge in [0.25, 0.3) is 0 Å². The zero-order chi connectivity index (χ0) is 25.1. The minimum atomic E-state index is -0.656. The SMILES string of the molecule is COc1ccc(N=C2S[C@@H](CC(=O)Nc3ccc(F)cc3)C(=O)N2Cc2ccc3c(c2)OCO3)cc1. The fourth-order valence-electron chi connectivity index (χ4n) is 3.77. The van der Waals surface area contributed by atoms with Gasteiger partial charge in [-0.15, -0.1) is 0 Å². The van der Waals surface area contributed by atoms with Crippen LogP contribution in [0.15, 0.2) is 71.7 Å². The monoisotopic (exact) mass is 507 g/mol. The fourth-order valence-corrected chi connectivity index (χ4v) is 4.93. The van der Waals surface area contributed by atoms with E-state index in [0.29, 0.717) is 33.8 Å². The third kappa shape index (κ3) is 5.28. The van der Waals surface area contributed by atoms with E-state index in [-0.39, 0.29) is 31.6 Å². The van der Waals surface area contributed by atoms with Gasteiger partial charge in [0.2, 0.25) is 18.6 Å². The number of thioether (sulfide) groups is 1. The second kappa shape index (κ2) is 10.3. The molecule has 3 aromatic rings. The number of fused-ring (bicyclic) bond motifs is 1. The summed E-state index contributed by atoms with van der Waals surface area (Å²) in [5, 5.41) is 2.54. The van der Waals surface area contributed by atoms with Crippen LogP contribution in [0.2, 0.25) is 0 Å². The minimum absolute atomic E-state index is 0.0554. The molecule has 0 radical (unpaired) electrons. The van der Waals surface area contributed by atoms with Gasteiger partial charge in [0, 0.05) is 12.1 Å². The zero-order valence-corrected chi connectivity index (χ0v) is 20.1. The van der Waals surface area contributed by atoms with Crippen molar-refractivity contribution < 1.29 is 28.2 Å². The molecule has 1 fully saturated rings. The highest BCUT2D eigenvalue weighted by atomic mass is 32.2. The Hall–Kier alpha value is -4.05. The van der Waals surface area contributed by atoms with E-state index in [1.54, 1.807) is 42.3 Å². The maximum atomic E-state index is 13.4. The molecule has 184 valence electrons. The molecule has 1 saturated heterocycles. The van der Waals surface area contributed by atoms with Crippen molar-refractivity contribution in [3.05, 3.63) is 78.1 Å². The van der Waals surface area contributed by atoms with E-state index in [1.807, 2.05) is 12.1 Å². The van der Waals surface area contributed by atoms with Crippen LogP contribution in [-0.2, 0) is 16.1 Å². The summed E-state index contributed by atoms with van der Waals surface area (Å²) >= 11 is 1.24. The second-order valence-corrected chi connectivity index (χ2v) is 9.24. The number of aliphatic imine (C=N–C) groups is 1. The van der Waals surface area contributed by atoms with Gasteiger partial charge in [-0.1, -0.05) is 17.8 Å². The number of hydrogen-bond acceptors (Lipinski definition) is 7. The standard InChI is InChI=1S/C26H22FN3O5S/c1-33-20-9-7-19(8-10-20)29-26-30(14-16-2-11-21-22(12-16)35-15-34-21)25(32)23(36-26)13-24(31)28-18-5-3-17(27)4-6-18/h2-12,23H,13-15H2,1H3,(H,28,31)/t23-/m0/s1. The third-order valence-corrected chi connectivity index (χ3v) is 6.77. The first-order valence-electron chi connectivity index (χ1n) is 11.1. The molecule has 0 bridgehead atoms. The van der Waals surface area contributed by atoms with Crippen molar-refractivity contribution in [2.75, 3.05) is 19.2 Å². The first-order chi connectivity index (χ1) is 17.5. The van der Waals surface area contributed by atoms with E-state index in [1.165, 1.54) is 36.0 Å². The van der Waals surface area contributed by atoms with Crippen LogP contribution in [0.3, 0.4) is 0 Å². The number of rotatable bonds is 7. The number of halogens is 1. The molecule has 2 heterocycles. The first-order valence-corrected chi connectivity index (χ1v) is 12.0. The Labute approximate surface area is 211 Å². The molecule has 0 saturated carbocycles. The Morgan fingerprint density at radius 2 is 1.86 bits per heavy atom. The third-order valence-electron chi connectivity index (χ3n) is 5.59. The lowest BCUT2D eigenvalue weighted by Gasteiger charge is -2.17. The molecule has 5 rings (SSSR count). The van der Waals surface area contributed by atoms with E-state index in [4.69, 9.17) is 14.2 Å². The normalized spacial score (nSPS) is 17.5. The molecule has 0 spiro atoms. The summed E-state index contributed by atoms with van der Waals surface area (Å²) in [6.45, 7) is 0.417. The van der Waals surface area contributed by atoms with Crippen LogP contribution < -0.4 is 19.5 Å². The van der Waals surface area contributed by atoms with Crippen molar-refractivity contribution in [1.82, 2.24) is 4.90 Å². The quantitative estimate of drug-likeness (QED) is 0.498. The van der Waals surface area contributed by atoms with Crippen LogP contribution in [0.5, 0.6) is 17.2 Å². The lowest BCUT2D eigenvalue weighted by molar-refractivity contribution is -0.128. The average molecular weight is 508 g/mol. The second-order valence-electron chi connectivity index (χ2n) is 8.07. The number of carbonyl (C=O) groups is 2. The minimum Gasteiger partial charge on any atom is -0.497 e. The number of nitrogens with zero attached hydrogens (tertiary/aromatic N) is 2. The van der Waals surface area contributed by atoms with Crippen LogP contribution in [0.25, 0.3) is 0 Å². The Kier molecular flexibility index (Phi) is 6.77. The molecule has 0 aromatic heterocycles. The highest BCUT2D eigenvalue weighted by Crippen LogP contribution is 2.36. The molecular weight excluding hydrogens is 485 g/mol. The Morgan fingerprint density at radius 3 is 2.61 bits per heavy atom. The van der Waals surface area contributed by atoms with Crippen LogP contribution in [0.4, 0.5) is 15.8 Å². The maximum absolute atomic E-state index is 13.4. The summed E-state index contributed by atoms with van der Waals surface area (Å²) in [6, 6.07) is 18.1. The van der Waals surface area contributed by atoms with Gasteiger partial charge in [0.05, 0.1) is 19.3 Å². The summed E-state index contributed by atoms with van der Waals surface area (Å²) in [5.74, 6) is 1.01. The van der Waals surface area contributed by atoms with Gasteiger partial charge < -0.3 is 19.5 Å². The fraction of sp³-hybridized carbons (Fsp3) is 0.192. The molecule has 10 heteroatoms. The van der Waals surface area contributed by atoms with E-state index in [9.17, 15) is 14.0 Å². The Balaban J connectivity index is 1.36. The van der Waals surface area contributed by atoms with Gasteiger partial charge in [-0.3, -0.25) is 14.5 Å². The van der Waals surface area contributed by atoms with Gasteiger partial charge in [0.1, 0.15) is 16.8 Å². The van der Waals surface area contributed by atoms with E-state index < -0.39 is 11.1 Å². The van der Waals surface area contributed by atoms with Gasteiger partial charge in [-0.05, 0) is 66.2 Å². The zero-order valence-electron chi connectivity index (χ0n) is 19.3. The summed E-state index contributed by atoms with van der Waals surface area (Å²) in [7, 11) is 1.58. The highest BCUT2D eigenvalue weighted by molar-refractivity contribution is 8.15. The molecular formula is C26H22FN3O5S. The number of carbonyl (C=O) groups excluding carboxylic acids is 2. The van der Waals surface area contributed by atoms with Gasteiger partial charge in [-0.2, -0.15) is 0 Å².